The van der Waals surface area contributed by atoms with Gasteiger partial charge in [-0.25, -0.2) is 0 Å². The molecule has 0 aromatic heterocycles. The molecule has 0 heterocycles. The van der Waals surface area contributed by atoms with Gasteiger partial charge in [-0.3, -0.25) is 0 Å². The molecule has 1 aliphatic rings. The summed E-state index contributed by atoms with van der Waals surface area (Å²) in [7, 11) is 0. The van der Waals surface area contributed by atoms with Crippen molar-refractivity contribution in [2.24, 2.45) is 11.3 Å². The van der Waals surface area contributed by atoms with E-state index in [1.807, 2.05) is 6.08 Å². The fourth-order valence-corrected chi connectivity index (χ4v) is 3.71. The van der Waals surface area contributed by atoms with Crippen LogP contribution in [0, 0.1) is 11.3 Å². The molecule has 0 heteroatoms. The first-order chi connectivity index (χ1) is 12.9. The summed E-state index contributed by atoms with van der Waals surface area (Å²) in [6, 6.07) is 8.54. The third kappa shape index (κ3) is 5.70. The van der Waals surface area contributed by atoms with Crippen molar-refractivity contribution in [3.63, 3.8) is 0 Å². The Labute approximate surface area is 167 Å². The summed E-state index contributed by atoms with van der Waals surface area (Å²) in [5.74, 6) is 0.533. The monoisotopic (exact) mass is 360 g/mol. The third-order valence-electron chi connectivity index (χ3n) is 5.85. The fourth-order valence-electron chi connectivity index (χ4n) is 3.71. The highest BCUT2D eigenvalue weighted by Crippen LogP contribution is 2.42. The summed E-state index contributed by atoms with van der Waals surface area (Å²) < 4.78 is 0. The molecule has 0 spiro atoms. The van der Waals surface area contributed by atoms with Crippen LogP contribution < -0.4 is 0 Å². The Morgan fingerprint density at radius 1 is 1.11 bits per heavy atom. The lowest BCUT2D eigenvalue weighted by atomic mass is 9.70. The van der Waals surface area contributed by atoms with Crippen molar-refractivity contribution in [3.05, 3.63) is 83.0 Å². The van der Waals surface area contributed by atoms with Gasteiger partial charge >= 0.3 is 0 Å². The van der Waals surface area contributed by atoms with Crippen LogP contribution in [0.15, 0.2) is 71.9 Å². The molecule has 2 rings (SSSR count). The van der Waals surface area contributed by atoms with Gasteiger partial charge in [-0.15, -0.1) is 0 Å². The minimum atomic E-state index is 0.0233. The molecule has 1 aliphatic carbocycles. The Bertz CT molecular complexity index is 759. The van der Waals surface area contributed by atoms with Crippen LogP contribution in [-0.2, 0) is 0 Å². The van der Waals surface area contributed by atoms with E-state index in [0.29, 0.717) is 5.92 Å². The van der Waals surface area contributed by atoms with Crippen molar-refractivity contribution in [2.75, 3.05) is 0 Å². The second-order valence-corrected chi connectivity index (χ2v) is 8.12. The number of rotatable bonds is 9. The van der Waals surface area contributed by atoms with Gasteiger partial charge in [-0.2, -0.15) is 0 Å². The van der Waals surface area contributed by atoms with E-state index in [9.17, 15) is 0 Å². The first-order valence-corrected chi connectivity index (χ1v) is 10.4. The second kappa shape index (κ2) is 9.74. The molecule has 1 fully saturated rings. The van der Waals surface area contributed by atoms with Crippen molar-refractivity contribution >= 4 is 12.2 Å². The van der Waals surface area contributed by atoms with Crippen LogP contribution in [0.3, 0.4) is 0 Å². The molecule has 0 N–H and O–H groups in total. The van der Waals surface area contributed by atoms with Crippen LogP contribution in [0.4, 0.5) is 0 Å². The zero-order valence-electron chi connectivity index (χ0n) is 17.9. The predicted molar refractivity (Wildman–Crippen MR) is 123 cm³/mol. The van der Waals surface area contributed by atoms with Gasteiger partial charge in [-0.05, 0) is 42.7 Å². The van der Waals surface area contributed by atoms with E-state index in [2.05, 4.69) is 95.8 Å². The highest BCUT2D eigenvalue weighted by atomic mass is 14.3. The quantitative estimate of drug-likeness (QED) is 0.388. The lowest BCUT2D eigenvalue weighted by Gasteiger charge is -2.35. The summed E-state index contributed by atoms with van der Waals surface area (Å²) in [5.41, 5.74) is 7.04. The molecule has 27 heavy (non-hydrogen) atoms. The minimum absolute atomic E-state index is 0.0233. The summed E-state index contributed by atoms with van der Waals surface area (Å²) in [6.07, 6.45) is 18.1. The summed E-state index contributed by atoms with van der Waals surface area (Å²) >= 11 is 0. The molecule has 0 aliphatic heterocycles. The highest BCUT2D eigenvalue weighted by Gasteiger charge is 2.29. The summed E-state index contributed by atoms with van der Waals surface area (Å²) in [4.78, 5) is 0. The Hall–Kier alpha value is -2.08. The summed E-state index contributed by atoms with van der Waals surface area (Å²) in [6.45, 7) is 15.7. The van der Waals surface area contributed by atoms with E-state index in [1.54, 1.807) is 5.57 Å². The van der Waals surface area contributed by atoms with Crippen LogP contribution in [0.1, 0.15) is 71.4 Å². The Morgan fingerprint density at radius 3 is 2.33 bits per heavy atom. The van der Waals surface area contributed by atoms with E-state index in [0.717, 1.165) is 12.8 Å². The van der Waals surface area contributed by atoms with Gasteiger partial charge < -0.3 is 0 Å². The lowest BCUT2D eigenvalue weighted by Crippen LogP contribution is -2.22. The van der Waals surface area contributed by atoms with Crippen LogP contribution in [0.5, 0.6) is 0 Å². The number of allylic oxidation sites excluding steroid dienone is 7. The topological polar surface area (TPSA) is 0 Å². The van der Waals surface area contributed by atoms with Gasteiger partial charge in [0.15, 0.2) is 0 Å². The van der Waals surface area contributed by atoms with Gasteiger partial charge in [-0.1, -0.05) is 119 Å². The number of hydrogen-bond acceptors (Lipinski definition) is 0. The SMILES string of the molecule is C=Cc1ccccc1/C=C(\C(C)CC)C(C)(C)/C(=C/C=C\C=C1CC1)CC. The molecule has 1 unspecified atom stereocenters. The van der Waals surface area contributed by atoms with Crippen molar-refractivity contribution in [1.82, 2.24) is 0 Å². The first kappa shape index (κ1) is 21.2. The average molecular weight is 361 g/mol. The molecular formula is C27H36. The van der Waals surface area contributed by atoms with Gasteiger partial charge in [0.05, 0.1) is 0 Å². The highest BCUT2D eigenvalue weighted by molar-refractivity contribution is 5.67. The average Bonchev–Trinajstić information content (AvgIpc) is 3.49. The molecule has 0 saturated heterocycles. The molecule has 0 amide bonds. The normalized spacial score (nSPS) is 16.6. The molecular weight excluding hydrogens is 324 g/mol. The van der Waals surface area contributed by atoms with Crippen molar-refractivity contribution in [3.8, 4) is 0 Å². The maximum Gasteiger partial charge on any atom is 0.00730 e. The number of hydrogen-bond donors (Lipinski definition) is 0. The molecule has 1 saturated carbocycles. The van der Waals surface area contributed by atoms with Crippen molar-refractivity contribution < 1.29 is 0 Å². The lowest BCUT2D eigenvalue weighted by molar-refractivity contribution is 0.448. The van der Waals surface area contributed by atoms with E-state index in [1.165, 1.54) is 35.1 Å². The van der Waals surface area contributed by atoms with Crippen LogP contribution in [-0.4, -0.2) is 0 Å². The molecule has 0 nitrogen and oxygen atoms in total. The largest absolute Gasteiger partial charge is 0.0984 e. The zero-order valence-corrected chi connectivity index (χ0v) is 17.9. The molecule has 144 valence electrons. The van der Waals surface area contributed by atoms with E-state index in [4.69, 9.17) is 0 Å². The smallest absolute Gasteiger partial charge is 0.00730 e. The fraction of sp³-hybridized carbons (Fsp3) is 0.407. The zero-order chi connectivity index (χ0) is 19.9. The number of benzene rings is 1. The Morgan fingerprint density at radius 2 is 1.78 bits per heavy atom. The predicted octanol–water partition coefficient (Wildman–Crippen LogP) is 8.40. The molecule has 1 atom stereocenters. The van der Waals surface area contributed by atoms with Gasteiger partial charge in [0.2, 0.25) is 0 Å². The molecule has 0 bridgehead atoms. The molecule has 1 aromatic rings. The van der Waals surface area contributed by atoms with Crippen LogP contribution >= 0.6 is 0 Å². The van der Waals surface area contributed by atoms with Crippen molar-refractivity contribution in [1.29, 1.82) is 0 Å². The minimum Gasteiger partial charge on any atom is -0.0984 e. The summed E-state index contributed by atoms with van der Waals surface area (Å²) in [5, 5.41) is 0. The van der Waals surface area contributed by atoms with Gasteiger partial charge in [0.25, 0.3) is 0 Å². The van der Waals surface area contributed by atoms with Gasteiger partial charge in [0, 0.05) is 5.41 Å². The van der Waals surface area contributed by atoms with E-state index in [-0.39, 0.29) is 5.41 Å². The van der Waals surface area contributed by atoms with Crippen LogP contribution in [0.25, 0.3) is 12.2 Å². The maximum absolute atomic E-state index is 3.99. The van der Waals surface area contributed by atoms with E-state index < -0.39 is 0 Å². The maximum atomic E-state index is 3.99. The van der Waals surface area contributed by atoms with E-state index >= 15 is 0 Å². The first-order valence-electron chi connectivity index (χ1n) is 10.4. The standard InChI is InChI=1S/C27H36/c1-7-21(4)26(20-24-16-12-11-15-23(24)8-2)27(5,6)25(9-3)17-13-10-14-22-18-19-22/h8,10-17,20-21H,2,7,9,18-19H2,1,3-6H3/b13-10-,25-17+,26-20+. The van der Waals surface area contributed by atoms with Crippen LogP contribution in [0.2, 0.25) is 0 Å². The molecule has 0 radical (unpaired) electrons. The Kier molecular flexibility index (Phi) is 7.66. The Balaban J connectivity index is 2.44. The van der Waals surface area contributed by atoms with Crippen molar-refractivity contribution in [2.45, 2.75) is 60.3 Å². The third-order valence-corrected chi connectivity index (χ3v) is 5.85. The van der Waals surface area contributed by atoms with Gasteiger partial charge in [0.1, 0.15) is 0 Å². The molecule has 1 aromatic carbocycles. The second-order valence-electron chi connectivity index (χ2n) is 8.12.